The fourth-order valence-corrected chi connectivity index (χ4v) is 1.89. The number of nitrogens with zero attached hydrogens (tertiary/aromatic N) is 1. The molecule has 0 amide bonds. The lowest BCUT2D eigenvalue weighted by Gasteiger charge is -2.13. The van der Waals surface area contributed by atoms with Crippen molar-refractivity contribution >= 4 is 0 Å². The lowest BCUT2D eigenvalue weighted by Crippen LogP contribution is -2.00. The molecule has 0 saturated carbocycles. The molecule has 0 N–H and O–H groups in total. The van der Waals surface area contributed by atoms with Gasteiger partial charge in [-0.2, -0.15) is 0 Å². The van der Waals surface area contributed by atoms with Crippen LogP contribution in [0.3, 0.4) is 0 Å². The number of rotatable bonds is 6. The van der Waals surface area contributed by atoms with Crippen LogP contribution in [0.4, 0.5) is 0 Å². The highest BCUT2D eigenvalue weighted by atomic mass is 16.5. The van der Waals surface area contributed by atoms with E-state index in [9.17, 15) is 0 Å². The molecule has 0 fully saturated rings. The molecule has 0 radical (unpaired) electrons. The van der Waals surface area contributed by atoms with Crippen LogP contribution in [0.2, 0.25) is 0 Å². The van der Waals surface area contributed by atoms with Crippen molar-refractivity contribution in [2.45, 2.75) is 59.3 Å². The van der Waals surface area contributed by atoms with Crippen LogP contribution in [0.25, 0.3) is 0 Å². The zero-order valence-electron chi connectivity index (χ0n) is 10.4. The Hall–Kier alpha value is -0.790. The Bertz CT molecular complexity index is 278. The van der Waals surface area contributed by atoms with Gasteiger partial charge < -0.3 is 4.52 Å². The molecule has 1 unspecified atom stereocenters. The summed E-state index contributed by atoms with van der Waals surface area (Å²) in [5.41, 5.74) is 0.996. The monoisotopic (exact) mass is 209 g/mol. The van der Waals surface area contributed by atoms with Gasteiger partial charge in [-0.3, -0.25) is 0 Å². The van der Waals surface area contributed by atoms with Crippen LogP contribution in [-0.2, 0) is 0 Å². The molecular formula is C13H23NO. The first kappa shape index (κ1) is 12.3. The van der Waals surface area contributed by atoms with E-state index in [1.165, 1.54) is 25.7 Å². The second-order valence-corrected chi connectivity index (χ2v) is 4.83. The summed E-state index contributed by atoms with van der Waals surface area (Å²) < 4.78 is 5.36. The molecule has 86 valence electrons. The van der Waals surface area contributed by atoms with Crippen LogP contribution in [0.5, 0.6) is 0 Å². The maximum absolute atomic E-state index is 5.36. The van der Waals surface area contributed by atoms with E-state index in [0.29, 0.717) is 5.92 Å². The highest BCUT2D eigenvalue weighted by molar-refractivity contribution is 5.08. The van der Waals surface area contributed by atoms with E-state index in [0.717, 1.165) is 17.4 Å². The molecule has 1 aromatic rings. The van der Waals surface area contributed by atoms with Crippen LogP contribution >= 0.6 is 0 Å². The van der Waals surface area contributed by atoms with Gasteiger partial charge in [0.15, 0.2) is 0 Å². The van der Waals surface area contributed by atoms with Crippen LogP contribution in [0.1, 0.15) is 63.8 Å². The topological polar surface area (TPSA) is 26.0 Å². The molecule has 1 rings (SSSR count). The Morgan fingerprint density at radius 1 is 1.27 bits per heavy atom. The molecule has 2 heteroatoms. The van der Waals surface area contributed by atoms with Crippen molar-refractivity contribution in [3.05, 3.63) is 17.5 Å². The molecule has 0 spiro atoms. The van der Waals surface area contributed by atoms with E-state index in [-0.39, 0.29) is 0 Å². The van der Waals surface area contributed by atoms with Gasteiger partial charge in [-0.05, 0) is 25.7 Å². The Balaban J connectivity index is 2.57. The van der Waals surface area contributed by atoms with E-state index in [1.807, 2.05) is 6.92 Å². The SMILES string of the molecule is CCCC(CCC(C)C)c1cc(C)no1. The van der Waals surface area contributed by atoms with Gasteiger partial charge in [0.2, 0.25) is 0 Å². The smallest absolute Gasteiger partial charge is 0.140 e. The van der Waals surface area contributed by atoms with Gasteiger partial charge in [-0.25, -0.2) is 0 Å². The third-order valence-corrected chi connectivity index (χ3v) is 2.78. The first-order chi connectivity index (χ1) is 7.13. The molecule has 2 nitrogen and oxygen atoms in total. The van der Waals surface area contributed by atoms with Crippen molar-refractivity contribution in [2.75, 3.05) is 0 Å². The zero-order chi connectivity index (χ0) is 11.3. The lowest BCUT2D eigenvalue weighted by atomic mass is 9.92. The van der Waals surface area contributed by atoms with Gasteiger partial charge in [0.1, 0.15) is 5.76 Å². The van der Waals surface area contributed by atoms with Gasteiger partial charge in [0.05, 0.1) is 5.69 Å². The van der Waals surface area contributed by atoms with E-state index in [2.05, 4.69) is 32.0 Å². The largest absolute Gasteiger partial charge is 0.361 e. The third kappa shape index (κ3) is 4.06. The summed E-state index contributed by atoms with van der Waals surface area (Å²) >= 11 is 0. The average molecular weight is 209 g/mol. The Morgan fingerprint density at radius 3 is 2.47 bits per heavy atom. The summed E-state index contributed by atoms with van der Waals surface area (Å²) in [6, 6.07) is 2.08. The number of hydrogen-bond donors (Lipinski definition) is 0. The van der Waals surface area contributed by atoms with Crippen LogP contribution in [-0.4, -0.2) is 5.16 Å². The van der Waals surface area contributed by atoms with Crippen molar-refractivity contribution in [1.82, 2.24) is 5.16 Å². The average Bonchev–Trinajstić information content (AvgIpc) is 2.59. The minimum Gasteiger partial charge on any atom is -0.361 e. The number of hydrogen-bond acceptors (Lipinski definition) is 2. The highest BCUT2D eigenvalue weighted by Gasteiger charge is 2.15. The molecule has 0 aliphatic heterocycles. The summed E-state index contributed by atoms with van der Waals surface area (Å²) in [6.45, 7) is 8.76. The van der Waals surface area contributed by atoms with Crippen LogP contribution in [0.15, 0.2) is 10.6 Å². The highest BCUT2D eigenvalue weighted by Crippen LogP contribution is 2.28. The molecule has 15 heavy (non-hydrogen) atoms. The van der Waals surface area contributed by atoms with Gasteiger partial charge in [-0.1, -0.05) is 38.8 Å². The molecule has 0 bridgehead atoms. The van der Waals surface area contributed by atoms with Gasteiger partial charge in [0, 0.05) is 12.0 Å². The molecule has 1 atom stereocenters. The maximum Gasteiger partial charge on any atom is 0.140 e. The first-order valence-electron chi connectivity index (χ1n) is 6.06. The lowest BCUT2D eigenvalue weighted by molar-refractivity contribution is 0.333. The summed E-state index contributed by atoms with van der Waals surface area (Å²) in [5, 5.41) is 3.97. The predicted octanol–water partition coefficient (Wildman–Crippen LogP) is 4.30. The minimum absolute atomic E-state index is 0.568. The Kier molecular flexibility index (Phi) is 4.86. The molecule has 0 aliphatic rings. The molecule has 1 heterocycles. The van der Waals surface area contributed by atoms with E-state index < -0.39 is 0 Å². The normalized spacial score (nSPS) is 13.4. The van der Waals surface area contributed by atoms with Crippen molar-refractivity contribution < 1.29 is 4.52 Å². The standard InChI is InChI=1S/C13H23NO/c1-5-6-12(8-7-10(2)3)13-9-11(4)14-15-13/h9-10,12H,5-8H2,1-4H3. The summed E-state index contributed by atoms with van der Waals surface area (Å²) in [6.07, 6.45) is 4.91. The van der Waals surface area contributed by atoms with E-state index >= 15 is 0 Å². The fraction of sp³-hybridized carbons (Fsp3) is 0.769. The zero-order valence-corrected chi connectivity index (χ0v) is 10.4. The van der Waals surface area contributed by atoms with Crippen LogP contribution < -0.4 is 0 Å². The minimum atomic E-state index is 0.568. The number of aryl methyl sites for hydroxylation is 1. The Labute approximate surface area is 93.0 Å². The van der Waals surface area contributed by atoms with E-state index in [1.54, 1.807) is 0 Å². The first-order valence-corrected chi connectivity index (χ1v) is 6.06. The third-order valence-electron chi connectivity index (χ3n) is 2.78. The van der Waals surface area contributed by atoms with Crippen molar-refractivity contribution in [1.29, 1.82) is 0 Å². The van der Waals surface area contributed by atoms with Crippen molar-refractivity contribution in [3.8, 4) is 0 Å². The van der Waals surface area contributed by atoms with Crippen molar-refractivity contribution in [3.63, 3.8) is 0 Å². The molecule has 0 aromatic carbocycles. The summed E-state index contributed by atoms with van der Waals surface area (Å²) in [5.74, 6) is 2.42. The molecule has 0 saturated heterocycles. The quantitative estimate of drug-likeness (QED) is 0.698. The van der Waals surface area contributed by atoms with Crippen molar-refractivity contribution in [2.24, 2.45) is 5.92 Å². The van der Waals surface area contributed by atoms with Gasteiger partial charge >= 0.3 is 0 Å². The molecule has 0 aliphatic carbocycles. The van der Waals surface area contributed by atoms with Crippen LogP contribution in [0, 0.1) is 12.8 Å². The molecule has 1 aromatic heterocycles. The second-order valence-electron chi connectivity index (χ2n) is 4.83. The van der Waals surface area contributed by atoms with Gasteiger partial charge in [0.25, 0.3) is 0 Å². The predicted molar refractivity (Wildman–Crippen MR) is 63.0 cm³/mol. The summed E-state index contributed by atoms with van der Waals surface area (Å²) in [7, 11) is 0. The maximum atomic E-state index is 5.36. The van der Waals surface area contributed by atoms with Gasteiger partial charge in [-0.15, -0.1) is 0 Å². The molecular weight excluding hydrogens is 186 g/mol. The Morgan fingerprint density at radius 2 is 2.00 bits per heavy atom. The summed E-state index contributed by atoms with van der Waals surface area (Å²) in [4.78, 5) is 0. The second kappa shape index (κ2) is 5.94. The number of aromatic nitrogens is 1. The fourth-order valence-electron chi connectivity index (χ4n) is 1.89. The van der Waals surface area contributed by atoms with E-state index in [4.69, 9.17) is 4.52 Å².